The van der Waals surface area contributed by atoms with Crippen molar-refractivity contribution in [2.45, 2.75) is 32.1 Å². The molecule has 86 valence electrons. The van der Waals surface area contributed by atoms with E-state index in [4.69, 9.17) is 5.73 Å². The molecule has 0 atom stereocenters. The first-order chi connectivity index (χ1) is 7.43. The van der Waals surface area contributed by atoms with Gasteiger partial charge in [-0.1, -0.05) is 12.8 Å². The summed E-state index contributed by atoms with van der Waals surface area (Å²) in [5.41, 5.74) is 6.89. The van der Waals surface area contributed by atoms with E-state index in [1.165, 1.54) is 31.2 Å². The number of rotatable bonds is 9. The lowest BCUT2D eigenvalue weighted by Crippen LogP contribution is -2.17. The van der Waals surface area contributed by atoms with Crippen LogP contribution in [0.4, 0.5) is 0 Å². The van der Waals surface area contributed by atoms with Gasteiger partial charge in [-0.15, -0.1) is 0 Å². The van der Waals surface area contributed by atoms with Crippen LogP contribution in [0.15, 0.2) is 24.3 Å². The van der Waals surface area contributed by atoms with Gasteiger partial charge in [0.05, 0.1) is 0 Å². The number of aryl methyl sites for hydroxylation is 1. The third-order valence-electron chi connectivity index (χ3n) is 2.61. The Hall–Kier alpha value is -0.730. The molecule has 1 aromatic rings. The van der Waals surface area contributed by atoms with Gasteiger partial charge in [-0.2, -0.15) is 17.7 Å². The third kappa shape index (κ3) is 6.37. The molecular weight excluding hydrogens is 184 g/mol. The molecule has 2 nitrogen and oxygen atoms in total. The van der Waals surface area contributed by atoms with Crippen molar-refractivity contribution in [2.75, 3.05) is 19.6 Å². The van der Waals surface area contributed by atoms with Gasteiger partial charge in [0.25, 0.3) is 0 Å². The van der Waals surface area contributed by atoms with Crippen molar-refractivity contribution in [1.29, 1.82) is 0 Å². The third-order valence-corrected chi connectivity index (χ3v) is 2.61. The highest BCUT2D eigenvalue weighted by Gasteiger charge is 1.89. The van der Waals surface area contributed by atoms with Gasteiger partial charge in [0.15, 0.2) is 0 Å². The van der Waals surface area contributed by atoms with E-state index in [9.17, 15) is 0 Å². The Bertz CT molecular complexity index is 216. The fourth-order valence-electron chi connectivity index (χ4n) is 1.68. The number of nitrogens with two attached hydrogens (primary N) is 1. The Morgan fingerprint density at radius 1 is 0.933 bits per heavy atom. The first kappa shape index (κ1) is 12.3. The number of unbranched alkanes of at least 4 members (excludes halogenated alkanes) is 2. The summed E-state index contributed by atoms with van der Waals surface area (Å²) in [6.45, 7) is 3.08. The molecule has 0 saturated carbocycles. The topological polar surface area (TPSA) is 38.0 Å². The molecule has 0 heterocycles. The average molecular weight is 207 g/mol. The van der Waals surface area contributed by atoms with E-state index in [-0.39, 0.29) is 0 Å². The number of hydrogen-bond donors (Lipinski definition) is 2. The van der Waals surface area contributed by atoms with E-state index < -0.39 is 0 Å². The molecule has 0 aliphatic rings. The van der Waals surface area contributed by atoms with Crippen molar-refractivity contribution in [3.05, 3.63) is 29.8 Å². The maximum atomic E-state index is 5.42. The van der Waals surface area contributed by atoms with Gasteiger partial charge in [-0.05, 0) is 38.9 Å². The Kier molecular flexibility index (Phi) is 7.05. The number of hydrogen-bond acceptors (Lipinski definition) is 2. The second kappa shape index (κ2) is 8.57. The summed E-state index contributed by atoms with van der Waals surface area (Å²) in [5, 5.41) is 3.44. The zero-order valence-electron chi connectivity index (χ0n) is 9.54. The molecule has 0 aliphatic carbocycles. The van der Waals surface area contributed by atoms with Gasteiger partial charge in [0.2, 0.25) is 0 Å². The predicted molar refractivity (Wildman–Crippen MR) is 66.1 cm³/mol. The van der Waals surface area contributed by atoms with Crippen LogP contribution in [0, 0.1) is 0 Å². The Morgan fingerprint density at radius 2 is 1.60 bits per heavy atom. The molecule has 2 heteroatoms. The highest BCUT2D eigenvalue weighted by molar-refractivity contribution is 5.15. The summed E-state index contributed by atoms with van der Waals surface area (Å²) in [5.74, 6) is 0. The second-order valence-corrected chi connectivity index (χ2v) is 4.00. The van der Waals surface area contributed by atoms with Crippen LogP contribution in [0.5, 0.6) is 0 Å². The van der Waals surface area contributed by atoms with Crippen molar-refractivity contribution >= 4 is 0 Å². The van der Waals surface area contributed by atoms with Crippen LogP contribution in [0.3, 0.4) is 0 Å². The normalized spacial score (nSPS) is 10.7. The van der Waals surface area contributed by atoms with Gasteiger partial charge in [-0.3, -0.25) is 0 Å². The molecule has 0 amide bonds. The molecule has 1 aromatic carbocycles. The molecular formula is C13H23N2-. The van der Waals surface area contributed by atoms with E-state index in [2.05, 4.69) is 29.6 Å². The minimum Gasteiger partial charge on any atom is -0.330 e. The molecule has 0 saturated heterocycles. The molecule has 0 spiro atoms. The van der Waals surface area contributed by atoms with Gasteiger partial charge < -0.3 is 11.1 Å². The fraction of sp³-hybridized carbons (Fsp3) is 0.615. The molecule has 15 heavy (non-hydrogen) atoms. The smallest absolute Gasteiger partial charge is 0.00484 e. The summed E-state index contributed by atoms with van der Waals surface area (Å²) < 4.78 is 0. The van der Waals surface area contributed by atoms with Crippen LogP contribution in [-0.4, -0.2) is 19.6 Å². The van der Waals surface area contributed by atoms with E-state index in [1.807, 2.05) is 0 Å². The molecule has 0 fully saturated rings. The maximum Gasteiger partial charge on any atom is -0.00484 e. The minimum absolute atomic E-state index is 0.818. The fourth-order valence-corrected chi connectivity index (χ4v) is 1.68. The van der Waals surface area contributed by atoms with Crippen molar-refractivity contribution in [2.24, 2.45) is 5.73 Å². The maximum absolute atomic E-state index is 5.42. The Balaban J connectivity index is 1.81. The van der Waals surface area contributed by atoms with Crippen molar-refractivity contribution in [3.8, 4) is 0 Å². The molecule has 0 aromatic heterocycles. The van der Waals surface area contributed by atoms with Crippen LogP contribution in [0.25, 0.3) is 0 Å². The zero-order chi connectivity index (χ0) is 10.8. The van der Waals surface area contributed by atoms with Crippen molar-refractivity contribution < 1.29 is 0 Å². The van der Waals surface area contributed by atoms with E-state index in [0.29, 0.717) is 0 Å². The first-order valence-corrected chi connectivity index (χ1v) is 6.05. The van der Waals surface area contributed by atoms with Gasteiger partial charge in [0, 0.05) is 0 Å². The lowest BCUT2D eigenvalue weighted by molar-refractivity contribution is 0.592. The SMILES string of the molecule is NCCCCNCCCC[c-]1cccc1. The summed E-state index contributed by atoms with van der Waals surface area (Å²) in [4.78, 5) is 0. The predicted octanol–water partition coefficient (Wildman–Crippen LogP) is 2.06. The standard InChI is InChI=1S/C13H23N2/c14-10-4-6-12-15-11-5-3-9-13-7-1-2-8-13/h1-2,7-8,15H,3-6,9-12,14H2/q-1. The first-order valence-electron chi connectivity index (χ1n) is 6.05. The highest BCUT2D eigenvalue weighted by atomic mass is 14.8. The molecule has 0 unspecified atom stereocenters. The molecule has 0 bridgehead atoms. The molecule has 3 N–H and O–H groups in total. The second-order valence-electron chi connectivity index (χ2n) is 4.00. The Morgan fingerprint density at radius 3 is 2.27 bits per heavy atom. The quantitative estimate of drug-likeness (QED) is 0.480. The van der Waals surface area contributed by atoms with Crippen LogP contribution < -0.4 is 11.1 Å². The molecule has 0 radical (unpaired) electrons. The average Bonchev–Trinajstić information content (AvgIpc) is 2.75. The van der Waals surface area contributed by atoms with Crippen LogP contribution in [-0.2, 0) is 6.42 Å². The summed E-state index contributed by atoms with van der Waals surface area (Å²) in [6.07, 6.45) is 6.12. The van der Waals surface area contributed by atoms with E-state index >= 15 is 0 Å². The summed E-state index contributed by atoms with van der Waals surface area (Å²) in [7, 11) is 0. The zero-order valence-corrected chi connectivity index (χ0v) is 9.54. The largest absolute Gasteiger partial charge is 0.330 e. The molecule has 1 rings (SSSR count). The minimum atomic E-state index is 0.818. The van der Waals surface area contributed by atoms with Crippen LogP contribution in [0.1, 0.15) is 31.2 Å². The van der Waals surface area contributed by atoms with E-state index in [0.717, 1.165) is 26.1 Å². The summed E-state index contributed by atoms with van der Waals surface area (Å²) in [6, 6.07) is 8.63. The van der Waals surface area contributed by atoms with Crippen LogP contribution in [0.2, 0.25) is 0 Å². The number of nitrogens with one attached hydrogen (secondary N) is 1. The van der Waals surface area contributed by atoms with Gasteiger partial charge >= 0.3 is 0 Å². The lowest BCUT2D eigenvalue weighted by Gasteiger charge is -2.05. The van der Waals surface area contributed by atoms with Crippen LogP contribution >= 0.6 is 0 Å². The van der Waals surface area contributed by atoms with E-state index in [1.54, 1.807) is 0 Å². The Labute approximate surface area is 93.2 Å². The van der Waals surface area contributed by atoms with Gasteiger partial charge in [-0.25, -0.2) is 12.1 Å². The van der Waals surface area contributed by atoms with Gasteiger partial charge in [0.1, 0.15) is 0 Å². The monoisotopic (exact) mass is 207 g/mol. The molecule has 0 aliphatic heterocycles. The highest BCUT2D eigenvalue weighted by Crippen LogP contribution is 2.04. The summed E-state index contributed by atoms with van der Waals surface area (Å²) >= 11 is 0. The van der Waals surface area contributed by atoms with Crippen molar-refractivity contribution in [3.63, 3.8) is 0 Å². The lowest BCUT2D eigenvalue weighted by atomic mass is 10.1. The van der Waals surface area contributed by atoms with Crippen molar-refractivity contribution in [1.82, 2.24) is 5.32 Å².